The number of rotatable bonds is 2. The Hall–Kier alpha value is -0.570. The summed E-state index contributed by atoms with van der Waals surface area (Å²) in [5, 5.41) is 4.47. The van der Waals surface area contributed by atoms with Gasteiger partial charge in [0.2, 0.25) is 0 Å². The first-order chi connectivity index (χ1) is 9.70. The Morgan fingerprint density at radius 2 is 2.05 bits per heavy atom. The highest BCUT2D eigenvalue weighted by atomic mass is 35.5. The van der Waals surface area contributed by atoms with Crippen LogP contribution >= 0.6 is 11.6 Å². The van der Waals surface area contributed by atoms with E-state index in [1.54, 1.807) is 0 Å². The Balaban J connectivity index is 1.79. The fourth-order valence-corrected chi connectivity index (χ4v) is 4.10. The largest absolute Gasteiger partial charge is 0.314 e. The molecule has 0 atom stereocenters. The monoisotopic (exact) mass is 292 g/mol. The second kappa shape index (κ2) is 6.05. The predicted molar refractivity (Wildman–Crippen MR) is 85.3 cm³/mol. The standard InChI is InChI=1S/C17H25ClN2/c1-14-11-16(18)6-5-15(14)12-20-10-9-19-13-17(20)7-3-2-4-8-17/h5-6,11,19H,2-4,7-10,12-13H2,1H3. The van der Waals surface area contributed by atoms with Gasteiger partial charge in [-0.1, -0.05) is 36.9 Å². The van der Waals surface area contributed by atoms with Crippen LogP contribution in [0.1, 0.15) is 43.2 Å². The Kier molecular flexibility index (Phi) is 4.34. The van der Waals surface area contributed by atoms with Gasteiger partial charge in [0.25, 0.3) is 0 Å². The summed E-state index contributed by atoms with van der Waals surface area (Å²) in [5.74, 6) is 0. The zero-order valence-electron chi connectivity index (χ0n) is 12.4. The summed E-state index contributed by atoms with van der Waals surface area (Å²) in [6.45, 7) is 6.71. The summed E-state index contributed by atoms with van der Waals surface area (Å²) >= 11 is 6.08. The molecule has 1 aromatic rings. The van der Waals surface area contributed by atoms with Gasteiger partial charge in [-0.05, 0) is 43.0 Å². The highest BCUT2D eigenvalue weighted by molar-refractivity contribution is 6.30. The first kappa shape index (κ1) is 14.4. The van der Waals surface area contributed by atoms with E-state index in [1.165, 1.54) is 56.3 Å². The van der Waals surface area contributed by atoms with Crippen LogP contribution in [-0.2, 0) is 6.54 Å². The van der Waals surface area contributed by atoms with Crippen LogP contribution in [0.15, 0.2) is 18.2 Å². The van der Waals surface area contributed by atoms with E-state index in [1.807, 2.05) is 6.07 Å². The van der Waals surface area contributed by atoms with Crippen LogP contribution in [0.3, 0.4) is 0 Å². The minimum Gasteiger partial charge on any atom is -0.314 e. The van der Waals surface area contributed by atoms with E-state index in [0.29, 0.717) is 5.54 Å². The Bertz CT molecular complexity index is 458. The number of hydrogen-bond donors (Lipinski definition) is 1. The van der Waals surface area contributed by atoms with Gasteiger partial charge in [0.15, 0.2) is 0 Å². The molecule has 1 aliphatic carbocycles. The molecular formula is C17H25ClN2. The van der Waals surface area contributed by atoms with Crippen LogP contribution in [-0.4, -0.2) is 30.1 Å². The maximum atomic E-state index is 6.08. The van der Waals surface area contributed by atoms with Gasteiger partial charge in [0.05, 0.1) is 0 Å². The molecule has 2 fully saturated rings. The number of piperazine rings is 1. The zero-order valence-corrected chi connectivity index (χ0v) is 13.2. The zero-order chi connectivity index (χ0) is 14.0. The van der Waals surface area contributed by atoms with Crippen molar-refractivity contribution >= 4 is 11.6 Å². The number of aryl methyl sites for hydroxylation is 1. The Morgan fingerprint density at radius 3 is 2.80 bits per heavy atom. The molecule has 1 heterocycles. The normalized spacial score (nSPS) is 23.1. The lowest BCUT2D eigenvalue weighted by Gasteiger charge is -2.50. The van der Waals surface area contributed by atoms with Crippen molar-refractivity contribution in [1.82, 2.24) is 10.2 Å². The summed E-state index contributed by atoms with van der Waals surface area (Å²) in [5.41, 5.74) is 3.16. The van der Waals surface area contributed by atoms with Gasteiger partial charge < -0.3 is 5.32 Å². The van der Waals surface area contributed by atoms with Gasteiger partial charge in [-0.15, -0.1) is 0 Å². The van der Waals surface area contributed by atoms with Crippen LogP contribution in [0.2, 0.25) is 5.02 Å². The molecule has 0 bridgehead atoms. The average molecular weight is 293 g/mol. The lowest BCUT2D eigenvalue weighted by atomic mass is 9.78. The van der Waals surface area contributed by atoms with Gasteiger partial charge in [0.1, 0.15) is 0 Å². The molecule has 0 radical (unpaired) electrons. The van der Waals surface area contributed by atoms with Gasteiger partial charge in [0, 0.05) is 36.7 Å². The minimum atomic E-state index is 0.405. The molecule has 110 valence electrons. The van der Waals surface area contributed by atoms with Crippen molar-refractivity contribution in [1.29, 1.82) is 0 Å². The maximum absolute atomic E-state index is 6.08. The average Bonchev–Trinajstić information content (AvgIpc) is 2.45. The van der Waals surface area contributed by atoms with Crippen LogP contribution in [0.4, 0.5) is 0 Å². The van der Waals surface area contributed by atoms with Crippen LogP contribution < -0.4 is 5.32 Å². The summed E-state index contributed by atoms with van der Waals surface area (Å²) in [6, 6.07) is 6.32. The third-order valence-electron chi connectivity index (χ3n) is 5.13. The summed E-state index contributed by atoms with van der Waals surface area (Å²) in [4.78, 5) is 2.74. The van der Waals surface area contributed by atoms with Crippen LogP contribution in [0.25, 0.3) is 0 Å². The highest BCUT2D eigenvalue weighted by Gasteiger charge is 2.39. The molecule has 2 nitrogen and oxygen atoms in total. The number of nitrogens with one attached hydrogen (secondary N) is 1. The molecule has 1 aliphatic heterocycles. The van der Waals surface area contributed by atoms with Crippen molar-refractivity contribution in [2.24, 2.45) is 0 Å². The number of hydrogen-bond acceptors (Lipinski definition) is 2. The molecule has 1 saturated heterocycles. The second-order valence-corrected chi connectivity index (χ2v) is 6.89. The molecule has 1 saturated carbocycles. The Morgan fingerprint density at radius 1 is 1.25 bits per heavy atom. The Labute approximate surface area is 127 Å². The fraction of sp³-hybridized carbons (Fsp3) is 0.647. The molecule has 3 rings (SSSR count). The number of benzene rings is 1. The molecule has 0 unspecified atom stereocenters. The smallest absolute Gasteiger partial charge is 0.0408 e. The first-order valence-electron chi connectivity index (χ1n) is 7.90. The van der Waals surface area contributed by atoms with Crippen molar-refractivity contribution < 1.29 is 0 Å². The summed E-state index contributed by atoms with van der Waals surface area (Å²) in [7, 11) is 0. The molecule has 0 amide bonds. The molecule has 20 heavy (non-hydrogen) atoms. The number of nitrogens with zero attached hydrogens (tertiary/aromatic N) is 1. The molecule has 2 aliphatic rings. The van der Waals surface area contributed by atoms with E-state index in [-0.39, 0.29) is 0 Å². The molecule has 1 N–H and O–H groups in total. The quantitative estimate of drug-likeness (QED) is 0.893. The predicted octanol–water partition coefficient (Wildman–Crippen LogP) is 3.76. The lowest BCUT2D eigenvalue weighted by molar-refractivity contribution is 0.0207. The van der Waals surface area contributed by atoms with E-state index in [0.717, 1.165) is 18.1 Å². The van der Waals surface area contributed by atoms with Crippen molar-refractivity contribution in [2.75, 3.05) is 19.6 Å². The van der Waals surface area contributed by atoms with Crippen LogP contribution in [0.5, 0.6) is 0 Å². The molecule has 1 aromatic carbocycles. The lowest BCUT2D eigenvalue weighted by Crippen LogP contribution is -2.61. The minimum absolute atomic E-state index is 0.405. The highest BCUT2D eigenvalue weighted by Crippen LogP contribution is 2.35. The van der Waals surface area contributed by atoms with Gasteiger partial charge in [-0.25, -0.2) is 0 Å². The summed E-state index contributed by atoms with van der Waals surface area (Å²) < 4.78 is 0. The summed E-state index contributed by atoms with van der Waals surface area (Å²) in [6.07, 6.45) is 6.89. The van der Waals surface area contributed by atoms with Crippen molar-refractivity contribution in [3.05, 3.63) is 34.3 Å². The maximum Gasteiger partial charge on any atom is 0.0408 e. The fourth-order valence-electron chi connectivity index (χ4n) is 3.88. The van der Waals surface area contributed by atoms with Crippen LogP contribution in [0, 0.1) is 6.92 Å². The van der Waals surface area contributed by atoms with Gasteiger partial charge in [-0.2, -0.15) is 0 Å². The molecular weight excluding hydrogens is 268 g/mol. The van der Waals surface area contributed by atoms with E-state index in [4.69, 9.17) is 11.6 Å². The van der Waals surface area contributed by atoms with E-state index in [9.17, 15) is 0 Å². The SMILES string of the molecule is Cc1cc(Cl)ccc1CN1CCNCC12CCCCC2. The topological polar surface area (TPSA) is 15.3 Å². The van der Waals surface area contributed by atoms with E-state index < -0.39 is 0 Å². The molecule has 3 heteroatoms. The second-order valence-electron chi connectivity index (χ2n) is 6.45. The van der Waals surface area contributed by atoms with Gasteiger partial charge in [-0.3, -0.25) is 4.90 Å². The third-order valence-corrected chi connectivity index (χ3v) is 5.37. The molecule has 0 aromatic heterocycles. The van der Waals surface area contributed by atoms with Gasteiger partial charge >= 0.3 is 0 Å². The van der Waals surface area contributed by atoms with Crippen molar-refractivity contribution in [2.45, 2.75) is 51.1 Å². The van der Waals surface area contributed by atoms with E-state index in [2.05, 4.69) is 29.3 Å². The first-order valence-corrected chi connectivity index (χ1v) is 8.28. The van der Waals surface area contributed by atoms with Crippen molar-refractivity contribution in [3.8, 4) is 0 Å². The van der Waals surface area contributed by atoms with E-state index >= 15 is 0 Å². The molecule has 1 spiro atoms. The van der Waals surface area contributed by atoms with Crippen molar-refractivity contribution in [3.63, 3.8) is 0 Å². The third kappa shape index (κ3) is 2.88. The number of halogens is 1.